The van der Waals surface area contributed by atoms with Gasteiger partial charge in [0.1, 0.15) is 5.82 Å². The van der Waals surface area contributed by atoms with Crippen LogP contribution in [0.25, 0.3) is 0 Å². The average Bonchev–Trinajstić information content (AvgIpc) is 2.54. The zero-order valence-electron chi connectivity index (χ0n) is 14.8. The summed E-state index contributed by atoms with van der Waals surface area (Å²) in [6.07, 6.45) is 5.94. The van der Waals surface area contributed by atoms with Crippen LogP contribution in [0, 0.1) is 36.4 Å². The molecule has 0 aliphatic heterocycles. The number of halogens is 1. The first-order valence-corrected chi connectivity index (χ1v) is 10.6. The third-order valence-electron chi connectivity index (χ3n) is 6.87. The van der Waals surface area contributed by atoms with Crippen molar-refractivity contribution in [1.82, 2.24) is 4.72 Å². The lowest BCUT2D eigenvalue weighted by Gasteiger charge is -2.60. The van der Waals surface area contributed by atoms with Crippen molar-refractivity contribution in [2.24, 2.45) is 23.7 Å². The first-order valence-electron chi connectivity index (χ1n) is 9.15. The Kier molecular flexibility index (Phi) is 4.21. The molecule has 1 aromatic rings. The molecule has 0 spiro atoms. The smallest absolute Gasteiger partial charge is 0.240 e. The van der Waals surface area contributed by atoms with E-state index < -0.39 is 21.4 Å². The molecule has 1 N–H and O–H groups in total. The number of ether oxygens (including phenoxy) is 1. The molecule has 138 valence electrons. The van der Waals surface area contributed by atoms with Crippen LogP contribution in [0.2, 0.25) is 0 Å². The Morgan fingerprint density at radius 2 is 1.76 bits per heavy atom. The first-order chi connectivity index (χ1) is 11.8. The third kappa shape index (κ3) is 2.82. The second-order valence-corrected chi connectivity index (χ2v) is 9.93. The molecule has 5 rings (SSSR count). The van der Waals surface area contributed by atoms with Crippen LogP contribution in [0.1, 0.15) is 37.7 Å². The minimum Gasteiger partial charge on any atom is -0.376 e. The summed E-state index contributed by atoms with van der Waals surface area (Å²) in [5.74, 6) is 2.03. The molecule has 0 saturated heterocycles. The van der Waals surface area contributed by atoms with Gasteiger partial charge in [-0.25, -0.2) is 17.5 Å². The van der Waals surface area contributed by atoms with Gasteiger partial charge < -0.3 is 4.74 Å². The van der Waals surface area contributed by atoms with Crippen molar-refractivity contribution < 1.29 is 17.5 Å². The highest BCUT2D eigenvalue weighted by Gasteiger charge is 2.57. The van der Waals surface area contributed by atoms with Crippen LogP contribution in [0.4, 0.5) is 4.39 Å². The van der Waals surface area contributed by atoms with E-state index in [2.05, 4.69) is 4.72 Å². The van der Waals surface area contributed by atoms with Crippen molar-refractivity contribution in [3.05, 3.63) is 29.6 Å². The van der Waals surface area contributed by atoms with Crippen LogP contribution >= 0.6 is 0 Å². The van der Waals surface area contributed by atoms with Crippen molar-refractivity contribution in [1.29, 1.82) is 0 Å². The maximum Gasteiger partial charge on any atom is 0.240 e. The van der Waals surface area contributed by atoms with Crippen molar-refractivity contribution in [2.45, 2.75) is 49.5 Å². The number of hydrogen-bond donors (Lipinski definition) is 1. The number of aryl methyl sites for hydroxylation is 1. The summed E-state index contributed by atoms with van der Waals surface area (Å²) in [6, 6.07) is 3.78. The lowest BCUT2D eigenvalue weighted by Crippen LogP contribution is -2.63. The van der Waals surface area contributed by atoms with E-state index in [4.69, 9.17) is 4.74 Å². The highest BCUT2D eigenvalue weighted by Crippen LogP contribution is 2.59. The SMILES string of the molecule is COC1(CNS(=O)(=O)c2ccc(F)cc2C)C2CC3CC(C2)CC1C3. The molecule has 0 amide bonds. The Balaban J connectivity index is 1.57. The Labute approximate surface area is 149 Å². The number of sulfonamides is 1. The lowest BCUT2D eigenvalue weighted by molar-refractivity contribution is -0.185. The van der Waals surface area contributed by atoms with E-state index in [9.17, 15) is 12.8 Å². The molecule has 1 aromatic carbocycles. The van der Waals surface area contributed by atoms with Crippen molar-refractivity contribution in [3.63, 3.8) is 0 Å². The fourth-order valence-corrected chi connectivity index (χ4v) is 7.18. The summed E-state index contributed by atoms with van der Waals surface area (Å²) in [5.41, 5.74) is 0.0260. The number of rotatable bonds is 5. The molecule has 25 heavy (non-hydrogen) atoms. The van der Waals surface area contributed by atoms with Gasteiger partial charge in [-0.2, -0.15) is 0 Å². The Morgan fingerprint density at radius 1 is 1.16 bits per heavy atom. The molecule has 0 unspecified atom stereocenters. The van der Waals surface area contributed by atoms with Gasteiger partial charge >= 0.3 is 0 Å². The zero-order valence-corrected chi connectivity index (χ0v) is 15.6. The summed E-state index contributed by atoms with van der Waals surface area (Å²) in [7, 11) is -1.96. The molecule has 0 atom stereocenters. The maximum absolute atomic E-state index is 13.3. The molecule has 4 aliphatic carbocycles. The van der Waals surface area contributed by atoms with Crippen LogP contribution in [-0.4, -0.2) is 27.7 Å². The van der Waals surface area contributed by atoms with Gasteiger partial charge in [-0.1, -0.05) is 0 Å². The monoisotopic (exact) mass is 367 g/mol. The molecule has 4 aliphatic rings. The van der Waals surface area contributed by atoms with Crippen LogP contribution in [-0.2, 0) is 14.8 Å². The number of nitrogens with one attached hydrogen (secondary N) is 1. The van der Waals surface area contributed by atoms with Gasteiger partial charge in [-0.05, 0) is 86.5 Å². The standard InChI is InChI=1S/C19H26FNO3S/c1-12-5-17(20)3-4-18(12)25(22,23)21-11-19(24-2)15-7-13-6-14(9-15)10-16(19)8-13/h3-5,13-16,21H,6-11H2,1-2H3. The van der Waals surface area contributed by atoms with Crippen LogP contribution in [0.3, 0.4) is 0 Å². The minimum atomic E-state index is -3.69. The van der Waals surface area contributed by atoms with Gasteiger partial charge in [0, 0.05) is 13.7 Å². The molecular weight excluding hydrogens is 341 g/mol. The molecule has 4 fully saturated rings. The molecule has 0 radical (unpaired) electrons. The topological polar surface area (TPSA) is 55.4 Å². The van der Waals surface area contributed by atoms with Gasteiger partial charge in [-0.15, -0.1) is 0 Å². The zero-order chi connectivity index (χ0) is 17.8. The maximum atomic E-state index is 13.3. The third-order valence-corrected chi connectivity index (χ3v) is 8.43. The van der Waals surface area contributed by atoms with Gasteiger partial charge in [0.05, 0.1) is 10.5 Å². The molecular formula is C19H26FNO3S. The van der Waals surface area contributed by atoms with Crippen LogP contribution in [0.5, 0.6) is 0 Å². The Morgan fingerprint density at radius 3 is 2.28 bits per heavy atom. The Hall–Kier alpha value is -0.980. The minimum absolute atomic E-state index is 0.143. The van der Waals surface area contributed by atoms with E-state index in [-0.39, 0.29) is 4.90 Å². The highest BCUT2D eigenvalue weighted by atomic mass is 32.2. The van der Waals surface area contributed by atoms with E-state index in [1.54, 1.807) is 14.0 Å². The van der Waals surface area contributed by atoms with Crippen molar-refractivity contribution in [2.75, 3.05) is 13.7 Å². The predicted octanol–water partition coefficient (Wildman–Crippen LogP) is 3.25. The number of methoxy groups -OCH3 is 1. The molecule has 0 aromatic heterocycles. The normalized spacial score (nSPS) is 36.8. The largest absolute Gasteiger partial charge is 0.376 e. The highest BCUT2D eigenvalue weighted by molar-refractivity contribution is 7.89. The quantitative estimate of drug-likeness (QED) is 0.869. The second-order valence-electron chi connectivity index (χ2n) is 8.20. The van der Waals surface area contributed by atoms with E-state index in [0.717, 1.165) is 37.5 Å². The molecule has 4 saturated carbocycles. The molecule has 4 bridgehead atoms. The fraction of sp³-hybridized carbons (Fsp3) is 0.684. The summed E-state index contributed by atoms with van der Waals surface area (Å²) >= 11 is 0. The Bertz CT molecular complexity index is 749. The first kappa shape index (κ1) is 17.4. The summed E-state index contributed by atoms with van der Waals surface area (Å²) < 4.78 is 47.6. The van der Waals surface area contributed by atoms with Crippen molar-refractivity contribution >= 4 is 10.0 Å². The van der Waals surface area contributed by atoms with E-state index >= 15 is 0 Å². The number of benzene rings is 1. The predicted molar refractivity (Wildman–Crippen MR) is 93.1 cm³/mol. The number of hydrogen-bond acceptors (Lipinski definition) is 3. The van der Waals surface area contributed by atoms with Crippen LogP contribution in [0.15, 0.2) is 23.1 Å². The summed E-state index contributed by atoms with van der Waals surface area (Å²) in [4.78, 5) is 0.143. The van der Waals surface area contributed by atoms with Gasteiger partial charge in [0.2, 0.25) is 10.0 Å². The summed E-state index contributed by atoms with van der Waals surface area (Å²) in [6.45, 7) is 1.92. The second kappa shape index (κ2) is 6.03. The van der Waals surface area contributed by atoms with Gasteiger partial charge in [0.15, 0.2) is 0 Å². The lowest BCUT2D eigenvalue weighted by atomic mass is 9.50. The molecule has 4 nitrogen and oxygen atoms in total. The van der Waals surface area contributed by atoms with E-state index in [1.807, 2.05) is 0 Å². The van der Waals surface area contributed by atoms with Crippen LogP contribution < -0.4 is 4.72 Å². The van der Waals surface area contributed by atoms with Gasteiger partial charge in [0.25, 0.3) is 0 Å². The van der Waals surface area contributed by atoms with Crippen molar-refractivity contribution in [3.8, 4) is 0 Å². The van der Waals surface area contributed by atoms with E-state index in [1.165, 1.54) is 24.6 Å². The van der Waals surface area contributed by atoms with Gasteiger partial charge in [-0.3, -0.25) is 0 Å². The molecule has 6 heteroatoms. The fourth-order valence-electron chi connectivity index (χ4n) is 5.88. The molecule has 0 heterocycles. The average molecular weight is 367 g/mol. The van der Waals surface area contributed by atoms with E-state index in [0.29, 0.717) is 23.9 Å². The summed E-state index contributed by atoms with van der Waals surface area (Å²) in [5, 5.41) is 0.